The summed E-state index contributed by atoms with van der Waals surface area (Å²) < 4.78 is 4.99. The largest absolute Gasteiger partial charge is 0.459 e. The molecule has 23 heavy (non-hydrogen) atoms. The molecular formula is C17H16ClNO4. The Bertz CT molecular complexity index is 658. The lowest BCUT2D eigenvalue weighted by molar-refractivity contribution is -0.154. The Hall–Kier alpha value is -2.37. The Morgan fingerprint density at radius 3 is 2.39 bits per heavy atom. The zero-order valence-electron chi connectivity index (χ0n) is 12.2. The van der Waals surface area contributed by atoms with E-state index in [1.807, 2.05) is 30.3 Å². The molecule has 0 heterocycles. The Labute approximate surface area is 138 Å². The number of carbonyl (C=O) groups excluding carboxylic acids is 2. The van der Waals surface area contributed by atoms with Gasteiger partial charge >= 0.3 is 5.97 Å². The Balaban J connectivity index is 1.77. The highest BCUT2D eigenvalue weighted by Gasteiger charge is 2.18. The summed E-state index contributed by atoms with van der Waals surface area (Å²) in [5, 5.41) is 12.7. The zero-order chi connectivity index (χ0) is 16.7. The van der Waals surface area contributed by atoms with E-state index >= 15 is 0 Å². The van der Waals surface area contributed by atoms with Crippen molar-refractivity contribution < 1.29 is 19.4 Å². The number of carbonyl (C=O) groups is 2. The second-order valence-corrected chi connectivity index (χ2v) is 5.26. The summed E-state index contributed by atoms with van der Waals surface area (Å²) in [6.45, 7) is -0.156. The van der Waals surface area contributed by atoms with Gasteiger partial charge in [-0.3, -0.25) is 4.79 Å². The van der Waals surface area contributed by atoms with Crippen LogP contribution in [-0.2, 0) is 16.1 Å². The summed E-state index contributed by atoms with van der Waals surface area (Å²) in [6.07, 6.45) is -1.42. The van der Waals surface area contributed by atoms with Crippen molar-refractivity contribution in [2.75, 3.05) is 6.54 Å². The summed E-state index contributed by atoms with van der Waals surface area (Å²) in [4.78, 5) is 23.5. The minimum absolute atomic E-state index is 0.0713. The first-order valence-corrected chi connectivity index (χ1v) is 7.36. The normalized spacial score (nSPS) is 11.6. The molecule has 0 saturated heterocycles. The number of amides is 1. The van der Waals surface area contributed by atoms with Gasteiger partial charge in [0, 0.05) is 10.6 Å². The van der Waals surface area contributed by atoms with E-state index in [1.165, 1.54) is 0 Å². The fourth-order valence-electron chi connectivity index (χ4n) is 1.80. The van der Waals surface area contributed by atoms with Crippen LogP contribution in [-0.4, -0.2) is 29.6 Å². The van der Waals surface area contributed by atoms with E-state index in [-0.39, 0.29) is 13.2 Å². The fraction of sp³-hybridized carbons (Fsp3) is 0.176. The molecule has 0 aromatic heterocycles. The first kappa shape index (κ1) is 17.0. The van der Waals surface area contributed by atoms with Crippen LogP contribution in [0.4, 0.5) is 0 Å². The molecule has 2 aromatic carbocycles. The molecule has 1 atom stereocenters. The van der Waals surface area contributed by atoms with Crippen LogP contribution >= 0.6 is 11.6 Å². The maximum atomic E-state index is 11.8. The average molecular weight is 334 g/mol. The number of aliphatic hydroxyl groups is 1. The van der Waals surface area contributed by atoms with Crippen LogP contribution in [0.3, 0.4) is 0 Å². The highest BCUT2D eigenvalue weighted by atomic mass is 35.5. The van der Waals surface area contributed by atoms with E-state index in [0.717, 1.165) is 5.56 Å². The molecule has 0 radical (unpaired) electrons. The maximum Gasteiger partial charge on any atom is 0.337 e. The third-order valence-electron chi connectivity index (χ3n) is 3.06. The summed E-state index contributed by atoms with van der Waals surface area (Å²) in [5.41, 5.74) is 1.21. The zero-order valence-corrected chi connectivity index (χ0v) is 13.0. The lowest BCUT2D eigenvalue weighted by Crippen LogP contribution is -2.37. The number of rotatable bonds is 6. The third kappa shape index (κ3) is 5.39. The Morgan fingerprint density at radius 1 is 1.09 bits per heavy atom. The number of benzene rings is 2. The standard InChI is InChI=1S/C17H16ClNO4/c18-14-8-6-13(7-9-14)16(21)19-10-15(20)17(22)23-11-12-4-2-1-3-5-12/h1-9,15,20H,10-11H2,(H,19,21)/t15-/m1/s1. The van der Waals surface area contributed by atoms with Crippen LogP contribution in [0.2, 0.25) is 5.02 Å². The minimum Gasteiger partial charge on any atom is -0.459 e. The van der Waals surface area contributed by atoms with E-state index in [4.69, 9.17) is 16.3 Å². The number of nitrogens with one attached hydrogen (secondary N) is 1. The molecule has 6 heteroatoms. The molecule has 0 unspecified atom stereocenters. The molecule has 5 nitrogen and oxygen atoms in total. The number of hydrogen-bond donors (Lipinski definition) is 2. The third-order valence-corrected chi connectivity index (χ3v) is 3.31. The summed E-state index contributed by atoms with van der Waals surface area (Å²) >= 11 is 5.74. The van der Waals surface area contributed by atoms with Gasteiger partial charge in [0.2, 0.25) is 0 Å². The van der Waals surface area contributed by atoms with Crippen LogP contribution in [0, 0.1) is 0 Å². The minimum atomic E-state index is -1.42. The topological polar surface area (TPSA) is 75.6 Å². The highest BCUT2D eigenvalue weighted by molar-refractivity contribution is 6.30. The van der Waals surface area contributed by atoms with Gasteiger partial charge in [-0.25, -0.2) is 4.79 Å². The second-order valence-electron chi connectivity index (χ2n) is 4.83. The van der Waals surface area contributed by atoms with Gasteiger partial charge in [-0.2, -0.15) is 0 Å². The number of ether oxygens (including phenoxy) is 1. The van der Waals surface area contributed by atoms with Gasteiger partial charge < -0.3 is 15.2 Å². The van der Waals surface area contributed by atoms with Gasteiger partial charge in [-0.1, -0.05) is 41.9 Å². The van der Waals surface area contributed by atoms with Crippen molar-refractivity contribution >= 4 is 23.5 Å². The fourth-order valence-corrected chi connectivity index (χ4v) is 1.93. The molecule has 0 spiro atoms. The highest BCUT2D eigenvalue weighted by Crippen LogP contribution is 2.09. The maximum absolute atomic E-state index is 11.8. The summed E-state index contributed by atoms with van der Waals surface area (Å²) in [6, 6.07) is 15.4. The quantitative estimate of drug-likeness (QED) is 0.794. The number of hydrogen-bond acceptors (Lipinski definition) is 4. The molecular weight excluding hydrogens is 318 g/mol. The van der Waals surface area contributed by atoms with Crippen molar-refractivity contribution in [2.45, 2.75) is 12.7 Å². The monoisotopic (exact) mass is 333 g/mol. The van der Waals surface area contributed by atoms with Crippen LogP contribution < -0.4 is 5.32 Å². The van der Waals surface area contributed by atoms with E-state index < -0.39 is 18.0 Å². The molecule has 2 aromatic rings. The predicted octanol–water partition coefficient (Wildman–Crippen LogP) is 2.17. The summed E-state index contributed by atoms with van der Waals surface area (Å²) in [7, 11) is 0. The van der Waals surface area contributed by atoms with Crippen LogP contribution in [0.25, 0.3) is 0 Å². The molecule has 120 valence electrons. The number of halogens is 1. The van der Waals surface area contributed by atoms with Gasteiger partial charge in [0.05, 0.1) is 6.54 Å². The average Bonchev–Trinajstić information content (AvgIpc) is 2.58. The van der Waals surface area contributed by atoms with E-state index in [9.17, 15) is 14.7 Å². The lowest BCUT2D eigenvalue weighted by atomic mass is 10.2. The van der Waals surface area contributed by atoms with Gasteiger partial charge in [0.25, 0.3) is 5.91 Å². The molecule has 1 amide bonds. The predicted molar refractivity (Wildman–Crippen MR) is 86.0 cm³/mol. The van der Waals surface area contributed by atoms with Crippen molar-refractivity contribution in [1.29, 1.82) is 0 Å². The Morgan fingerprint density at radius 2 is 1.74 bits per heavy atom. The number of aliphatic hydroxyl groups excluding tert-OH is 1. The van der Waals surface area contributed by atoms with Gasteiger partial charge in [-0.15, -0.1) is 0 Å². The molecule has 0 saturated carbocycles. The van der Waals surface area contributed by atoms with Crippen LogP contribution in [0.15, 0.2) is 54.6 Å². The van der Waals surface area contributed by atoms with Crippen molar-refractivity contribution in [3.05, 3.63) is 70.7 Å². The molecule has 0 bridgehead atoms. The van der Waals surface area contributed by atoms with Crippen molar-refractivity contribution in [3.63, 3.8) is 0 Å². The van der Waals surface area contributed by atoms with Gasteiger partial charge in [0.15, 0.2) is 6.10 Å². The van der Waals surface area contributed by atoms with E-state index in [1.54, 1.807) is 24.3 Å². The van der Waals surface area contributed by atoms with Gasteiger partial charge in [-0.05, 0) is 29.8 Å². The van der Waals surface area contributed by atoms with Crippen molar-refractivity contribution in [2.24, 2.45) is 0 Å². The SMILES string of the molecule is O=C(NC[C@@H](O)C(=O)OCc1ccccc1)c1ccc(Cl)cc1. The van der Waals surface area contributed by atoms with Crippen molar-refractivity contribution in [1.82, 2.24) is 5.32 Å². The second kappa shape index (κ2) is 8.31. The Kier molecular flexibility index (Phi) is 6.14. The van der Waals surface area contributed by atoms with Gasteiger partial charge in [0.1, 0.15) is 6.61 Å². The molecule has 0 aliphatic rings. The molecule has 0 aliphatic carbocycles. The first-order chi connectivity index (χ1) is 11.1. The smallest absolute Gasteiger partial charge is 0.337 e. The molecule has 0 aliphatic heterocycles. The number of esters is 1. The lowest BCUT2D eigenvalue weighted by Gasteiger charge is -2.12. The first-order valence-electron chi connectivity index (χ1n) is 6.98. The van der Waals surface area contributed by atoms with Crippen molar-refractivity contribution in [3.8, 4) is 0 Å². The summed E-state index contributed by atoms with van der Waals surface area (Å²) in [5.74, 6) is -1.19. The van der Waals surface area contributed by atoms with Crippen LogP contribution in [0.1, 0.15) is 15.9 Å². The molecule has 2 N–H and O–H groups in total. The molecule has 0 fully saturated rings. The van der Waals surface area contributed by atoms with Crippen LogP contribution in [0.5, 0.6) is 0 Å². The van der Waals surface area contributed by atoms with E-state index in [0.29, 0.717) is 10.6 Å². The molecule has 2 rings (SSSR count). The van der Waals surface area contributed by atoms with E-state index in [2.05, 4.69) is 5.32 Å².